The molecule has 3 heterocycles. The van der Waals surface area contributed by atoms with Crippen LogP contribution in [0.15, 0.2) is 43.0 Å². The summed E-state index contributed by atoms with van der Waals surface area (Å²) in [5.74, 6) is 0.494. The topological polar surface area (TPSA) is 68.2 Å². The molecule has 3 rings (SSSR count). The van der Waals surface area contributed by atoms with Crippen molar-refractivity contribution in [3.05, 3.63) is 48.7 Å². The lowest BCUT2D eigenvalue weighted by atomic mass is 10.1. The zero-order valence-corrected chi connectivity index (χ0v) is 11.6. The Bertz CT molecular complexity index is 591. The first kappa shape index (κ1) is 13.5. The Balaban J connectivity index is 1.64. The van der Waals surface area contributed by atoms with Gasteiger partial charge in [0.1, 0.15) is 18.1 Å². The Labute approximate surface area is 122 Å². The Morgan fingerprint density at radius 1 is 1.24 bits per heavy atom. The maximum Gasteiger partial charge on any atom is 0.272 e. The van der Waals surface area contributed by atoms with E-state index in [-0.39, 0.29) is 12.0 Å². The summed E-state index contributed by atoms with van der Waals surface area (Å²) in [5, 5.41) is 0. The molecule has 6 heteroatoms. The van der Waals surface area contributed by atoms with E-state index in [1.54, 1.807) is 35.5 Å². The lowest BCUT2D eigenvalue weighted by molar-refractivity contribution is 0.0522. The molecule has 1 aliphatic heterocycles. The predicted octanol–water partition coefficient (Wildman–Crippen LogP) is 1.56. The van der Waals surface area contributed by atoms with E-state index in [0.717, 1.165) is 19.4 Å². The van der Waals surface area contributed by atoms with E-state index in [9.17, 15) is 4.79 Å². The molecule has 0 spiro atoms. The summed E-state index contributed by atoms with van der Waals surface area (Å²) in [4.78, 5) is 26.2. The van der Waals surface area contributed by atoms with Gasteiger partial charge >= 0.3 is 0 Å². The van der Waals surface area contributed by atoms with Crippen molar-refractivity contribution in [3.63, 3.8) is 0 Å². The first-order chi connectivity index (χ1) is 10.3. The number of carbonyl (C=O) groups excluding carboxylic acids is 1. The van der Waals surface area contributed by atoms with Crippen LogP contribution in [0.1, 0.15) is 23.3 Å². The molecule has 21 heavy (non-hydrogen) atoms. The van der Waals surface area contributed by atoms with Gasteiger partial charge in [0.2, 0.25) is 5.88 Å². The van der Waals surface area contributed by atoms with Crippen LogP contribution >= 0.6 is 0 Å². The van der Waals surface area contributed by atoms with Gasteiger partial charge in [-0.15, -0.1) is 0 Å². The molecule has 1 atom stereocenters. The van der Waals surface area contributed by atoms with Crippen LogP contribution in [0.2, 0.25) is 0 Å². The van der Waals surface area contributed by atoms with Crippen LogP contribution in [0, 0.1) is 0 Å². The van der Waals surface area contributed by atoms with Crippen molar-refractivity contribution < 1.29 is 9.53 Å². The van der Waals surface area contributed by atoms with E-state index < -0.39 is 0 Å². The number of hydrogen-bond acceptors (Lipinski definition) is 5. The summed E-state index contributed by atoms with van der Waals surface area (Å²) in [7, 11) is 0. The van der Waals surface area contributed by atoms with Crippen LogP contribution in [0.5, 0.6) is 5.88 Å². The maximum absolute atomic E-state index is 12.4. The van der Waals surface area contributed by atoms with Gasteiger partial charge in [-0.25, -0.2) is 9.97 Å². The quantitative estimate of drug-likeness (QED) is 0.855. The van der Waals surface area contributed by atoms with Crippen LogP contribution in [0.25, 0.3) is 0 Å². The molecule has 1 fully saturated rings. The largest absolute Gasteiger partial charge is 0.472 e. The van der Waals surface area contributed by atoms with Gasteiger partial charge in [0.15, 0.2) is 0 Å². The third kappa shape index (κ3) is 3.34. The van der Waals surface area contributed by atoms with Gasteiger partial charge in [0.25, 0.3) is 5.91 Å². The predicted molar refractivity (Wildman–Crippen MR) is 75.8 cm³/mol. The second kappa shape index (κ2) is 6.30. The van der Waals surface area contributed by atoms with Crippen molar-refractivity contribution >= 4 is 5.91 Å². The molecule has 0 bridgehead atoms. The van der Waals surface area contributed by atoms with Crippen molar-refractivity contribution in [3.8, 4) is 5.88 Å². The Morgan fingerprint density at radius 2 is 2.19 bits per heavy atom. The van der Waals surface area contributed by atoms with Gasteiger partial charge in [-0.05, 0) is 25.0 Å². The van der Waals surface area contributed by atoms with Gasteiger partial charge < -0.3 is 9.64 Å². The van der Waals surface area contributed by atoms with E-state index in [0.29, 0.717) is 18.1 Å². The van der Waals surface area contributed by atoms with Crippen molar-refractivity contribution in [2.24, 2.45) is 0 Å². The molecule has 1 aliphatic rings. The van der Waals surface area contributed by atoms with Crippen molar-refractivity contribution in [2.75, 3.05) is 13.1 Å². The number of likely N-dealkylation sites (tertiary alicyclic amines) is 1. The number of hydrogen-bond donors (Lipinski definition) is 0. The zero-order valence-electron chi connectivity index (χ0n) is 11.6. The Morgan fingerprint density at radius 3 is 2.95 bits per heavy atom. The molecule has 2 aromatic rings. The first-order valence-electron chi connectivity index (χ1n) is 6.96. The Hall–Kier alpha value is -2.50. The van der Waals surface area contributed by atoms with E-state index in [2.05, 4.69) is 15.0 Å². The minimum absolute atomic E-state index is 0.0405. The number of aromatic nitrogens is 3. The van der Waals surface area contributed by atoms with E-state index in [1.165, 1.54) is 6.33 Å². The number of carbonyl (C=O) groups is 1. The second-order valence-corrected chi connectivity index (χ2v) is 4.90. The van der Waals surface area contributed by atoms with E-state index in [1.807, 2.05) is 6.07 Å². The number of pyridine rings is 1. The van der Waals surface area contributed by atoms with E-state index >= 15 is 0 Å². The summed E-state index contributed by atoms with van der Waals surface area (Å²) < 4.78 is 5.81. The third-order valence-corrected chi connectivity index (χ3v) is 3.39. The highest BCUT2D eigenvalue weighted by molar-refractivity contribution is 5.92. The van der Waals surface area contributed by atoms with Crippen LogP contribution < -0.4 is 4.74 Å². The van der Waals surface area contributed by atoms with Crippen molar-refractivity contribution in [1.29, 1.82) is 0 Å². The summed E-state index contributed by atoms with van der Waals surface area (Å²) in [5.41, 5.74) is 0.472. The van der Waals surface area contributed by atoms with Gasteiger partial charge in [-0.2, -0.15) is 0 Å². The van der Waals surface area contributed by atoms with Gasteiger partial charge in [-0.3, -0.25) is 9.78 Å². The normalized spacial score (nSPS) is 18.3. The lowest BCUT2D eigenvalue weighted by Crippen LogP contribution is -2.44. The number of ether oxygens (including phenoxy) is 1. The molecule has 0 N–H and O–H groups in total. The van der Waals surface area contributed by atoms with Gasteiger partial charge in [0, 0.05) is 25.0 Å². The smallest absolute Gasteiger partial charge is 0.272 e. The zero-order chi connectivity index (χ0) is 14.5. The molecule has 0 aromatic carbocycles. The fraction of sp³-hybridized carbons (Fsp3) is 0.333. The average molecular weight is 284 g/mol. The lowest BCUT2D eigenvalue weighted by Gasteiger charge is -2.32. The number of rotatable bonds is 3. The average Bonchev–Trinajstić information content (AvgIpc) is 2.56. The minimum atomic E-state index is -0.0495. The molecule has 6 nitrogen and oxygen atoms in total. The van der Waals surface area contributed by atoms with Crippen LogP contribution in [-0.2, 0) is 0 Å². The Kier molecular flexibility index (Phi) is 4.04. The maximum atomic E-state index is 12.4. The number of nitrogens with zero attached hydrogens (tertiary/aromatic N) is 4. The van der Waals surface area contributed by atoms with Crippen molar-refractivity contribution in [1.82, 2.24) is 19.9 Å². The fourth-order valence-electron chi connectivity index (χ4n) is 2.39. The summed E-state index contributed by atoms with van der Waals surface area (Å²) >= 11 is 0. The molecule has 0 saturated carbocycles. The number of amides is 1. The second-order valence-electron chi connectivity index (χ2n) is 4.90. The standard InChI is InChI=1S/C15H16N4O2/c20-15(13-5-1-2-7-17-13)19-9-3-4-12(10-19)21-14-6-8-16-11-18-14/h1-2,5-8,11-12H,3-4,9-10H2. The molecule has 1 saturated heterocycles. The minimum Gasteiger partial charge on any atom is -0.472 e. The van der Waals surface area contributed by atoms with Crippen LogP contribution in [0.3, 0.4) is 0 Å². The molecule has 108 valence electrons. The third-order valence-electron chi connectivity index (χ3n) is 3.39. The highest BCUT2D eigenvalue weighted by Gasteiger charge is 2.26. The molecule has 1 unspecified atom stereocenters. The molecular weight excluding hydrogens is 268 g/mol. The molecule has 2 aromatic heterocycles. The van der Waals surface area contributed by atoms with E-state index in [4.69, 9.17) is 4.74 Å². The van der Waals surface area contributed by atoms with Crippen molar-refractivity contribution in [2.45, 2.75) is 18.9 Å². The highest BCUT2D eigenvalue weighted by Crippen LogP contribution is 2.17. The monoisotopic (exact) mass is 284 g/mol. The van der Waals surface area contributed by atoms with Gasteiger partial charge in [-0.1, -0.05) is 6.07 Å². The highest BCUT2D eigenvalue weighted by atomic mass is 16.5. The molecule has 1 amide bonds. The first-order valence-corrected chi connectivity index (χ1v) is 6.96. The summed E-state index contributed by atoms with van der Waals surface area (Å²) in [6, 6.07) is 7.07. The van der Waals surface area contributed by atoms with Gasteiger partial charge in [0.05, 0.1) is 6.54 Å². The SMILES string of the molecule is O=C(c1ccccn1)N1CCCC(Oc2ccncn2)C1. The summed E-state index contributed by atoms with van der Waals surface area (Å²) in [6.07, 6.45) is 6.51. The molecule has 0 aliphatic carbocycles. The van der Waals surface area contributed by atoms with Crippen LogP contribution in [-0.4, -0.2) is 45.0 Å². The van der Waals surface area contributed by atoms with Crippen LogP contribution in [0.4, 0.5) is 0 Å². The number of piperidine rings is 1. The molecule has 0 radical (unpaired) electrons. The fourth-order valence-corrected chi connectivity index (χ4v) is 2.39. The molecular formula is C15H16N4O2. The summed E-state index contributed by atoms with van der Waals surface area (Å²) in [6.45, 7) is 1.29.